The molecule has 3 aromatic carbocycles. The zero-order valence-electron chi connectivity index (χ0n) is 15.2. The quantitative estimate of drug-likeness (QED) is 0.535. The van der Waals surface area contributed by atoms with Crippen LogP contribution in [0.3, 0.4) is 0 Å². The molecule has 0 radical (unpaired) electrons. The molecule has 1 aliphatic rings. The molecule has 0 unspecified atom stereocenters. The number of hydrogen-bond donors (Lipinski definition) is 0. The molecule has 0 N–H and O–H groups in total. The van der Waals surface area contributed by atoms with Crippen molar-refractivity contribution < 1.29 is 4.74 Å². The Morgan fingerprint density at radius 1 is 1.04 bits per heavy atom. The molecule has 0 bridgehead atoms. The van der Waals surface area contributed by atoms with Gasteiger partial charge in [0.25, 0.3) is 0 Å². The first-order valence-corrected chi connectivity index (χ1v) is 9.31. The van der Waals surface area contributed by atoms with Crippen LogP contribution in [-0.4, -0.2) is 16.7 Å². The first kappa shape index (κ1) is 16.1. The van der Waals surface area contributed by atoms with Gasteiger partial charge in [-0.05, 0) is 53.8 Å². The largest absolute Gasteiger partial charge is 0.497 e. The van der Waals surface area contributed by atoms with E-state index in [9.17, 15) is 4.79 Å². The van der Waals surface area contributed by atoms with E-state index in [1.165, 1.54) is 18.2 Å². The van der Waals surface area contributed by atoms with E-state index in [0.29, 0.717) is 11.6 Å². The standard InChI is InChI=1S/C23H20N2O2/c1-27-19-10-11-21-20(13-19)22(24-23(26)25(21)14-15-6-7-15)18-9-8-16-4-2-3-5-17(16)12-18/h2-5,8-13,15H,6-7,14H2,1H3. The summed E-state index contributed by atoms with van der Waals surface area (Å²) in [7, 11) is 1.66. The number of hydrogen-bond acceptors (Lipinski definition) is 3. The van der Waals surface area contributed by atoms with E-state index in [2.05, 4.69) is 29.2 Å². The normalized spacial score (nSPS) is 14.0. The molecule has 0 saturated heterocycles. The van der Waals surface area contributed by atoms with Gasteiger partial charge in [0.15, 0.2) is 0 Å². The summed E-state index contributed by atoms with van der Waals surface area (Å²) in [5, 5.41) is 3.25. The second-order valence-electron chi connectivity index (χ2n) is 7.24. The summed E-state index contributed by atoms with van der Waals surface area (Å²) in [6, 6.07) is 20.3. The molecule has 1 fully saturated rings. The van der Waals surface area contributed by atoms with Gasteiger partial charge >= 0.3 is 5.69 Å². The average Bonchev–Trinajstić information content (AvgIpc) is 3.53. The topological polar surface area (TPSA) is 44.1 Å². The van der Waals surface area contributed by atoms with Crippen LogP contribution in [0.15, 0.2) is 65.5 Å². The molecule has 0 spiro atoms. The molecule has 5 rings (SSSR count). The van der Waals surface area contributed by atoms with E-state index in [1.54, 1.807) is 7.11 Å². The summed E-state index contributed by atoms with van der Waals surface area (Å²) < 4.78 is 7.25. The van der Waals surface area contributed by atoms with Gasteiger partial charge in [0.1, 0.15) is 5.75 Å². The lowest BCUT2D eigenvalue weighted by Gasteiger charge is -2.14. The van der Waals surface area contributed by atoms with E-state index in [0.717, 1.165) is 34.1 Å². The van der Waals surface area contributed by atoms with Crippen LogP contribution in [0.4, 0.5) is 0 Å². The Balaban J connectivity index is 1.78. The Morgan fingerprint density at radius 2 is 1.85 bits per heavy atom. The highest BCUT2D eigenvalue weighted by atomic mass is 16.5. The van der Waals surface area contributed by atoms with Crippen molar-refractivity contribution in [1.82, 2.24) is 9.55 Å². The maximum absolute atomic E-state index is 12.8. The fourth-order valence-corrected chi connectivity index (χ4v) is 3.68. The monoisotopic (exact) mass is 356 g/mol. The van der Waals surface area contributed by atoms with Crippen LogP contribution in [-0.2, 0) is 6.54 Å². The van der Waals surface area contributed by atoms with Crippen LogP contribution >= 0.6 is 0 Å². The predicted octanol–water partition coefficient (Wildman–Crippen LogP) is 4.64. The Kier molecular flexibility index (Phi) is 3.71. The van der Waals surface area contributed by atoms with Gasteiger partial charge in [-0.25, -0.2) is 4.79 Å². The Hall–Kier alpha value is -3.14. The van der Waals surface area contributed by atoms with Crippen LogP contribution < -0.4 is 10.4 Å². The molecule has 4 heteroatoms. The lowest BCUT2D eigenvalue weighted by atomic mass is 10.0. The van der Waals surface area contributed by atoms with Gasteiger partial charge < -0.3 is 4.74 Å². The molecule has 0 aliphatic heterocycles. The highest BCUT2D eigenvalue weighted by Crippen LogP contribution is 2.34. The van der Waals surface area contributed by atoms with Crippen molar-refractivity contribution in [2.24, 2.45) is 5.92 Å². The Morgan fingerprint density at radius 3 is 2.63 bits per heavy atom. The van der Waals surface area contributed by atoms with Gasteiger partial charge in [-0.1, -0.05) is 36.4 Å². The molecule has 0 amide bonds. The van der Waals surface area contributed by atoms with Gasteiger partial charge in [-0.3, -0.25) is 4.57 Å². The van der Waals surface area contributed by atoms with E-state index in [4.69, 9.17) is 4.74 Å². The summed E-state index contributed by atoms with van der Waals surface area (Å²) in [5.74, 6) is 1.37. The van der Waals surface area contributed by atoms with Crippen molar-refractivity contribution in [3.63, 3.8) is 0 Å². The van der Waals surface area contributed by atoms with Crippen LogP contribution in [0.25, 0.3) is 32.9 Å². The van der Waals surface area contributed by atoms with Gasteiger partial charge in [-0.2, -0.15) is 4.98 Å². The Labute approximate surface area is 157 Å². The number of rotatable bonds is 4. The van der Waals surface area contributed by atoms with Crippen LogP contribution in [0.5, 0.6) is 5.75 Å². The second-order valence-corrected chi connectivity index (χ2v) is 7.24. The minimum Gasteiger partial charge on any atom is -0.497 e. The lowest BCUT2D eigenvalue weighted by Crippen LogP contribution is -2.25. The molecule has 1 saturated carbocycles. The van der Waals surface area contributed by atoms with Crippen LogP contribution in [0.2, 0.25) is 0 Å². The average molecular weight is 356 g/mol. The van der Waals surface area contributed by atoms with E-state index < -0.39 is 0 Å². The third-order valence-electron chi connectivity index (χ3n) is 5.35. The SMILES string of the molecule is COc1ccc2c(c1)c(-c1ccc3ccccc3c1)nc(=O)n2CC1CC1. The van der Waals surface area contributed by atoms with Gasteiger partial charge in [0.05, 0.1) is 18.3 Å². The molecular formula is C23H20N2O2. The lowest BCUT2D eigenvalue weighted by molar-refractivity contribution is 0.415. The van der Waals surface area contributed by atoms with E-state index in [-0.39, 0.29) is 5.69 Å². The molecule has 4 nitrogen and oxygen atoms in total. The molecule has 1 aromatic heterocycles. The van der Waals surface area contributed by atoms with E-state index >= 15 is 0 Å². The van der Waals surface area contributed by atoms with Crippen molar-refractivity contribution in [2.75, 3.05) is 7.11 Å². The van der Waals surface area contributed by atoms with Crippen molar-refractivity contribution in [1.29, 1.82) is 0 Å². The van der Waals surface area contributed by atoms with Crippen molar-refractivity contribution >= 4 is 21.7 Å². The maximum Gasteiger partial charge on any atom is 0.348 e. The molecule has 1 aliphatic carbocycles. The molecule has 0 atom stereocenters. The number of nitrogens with zero attached hydrogens (tertiary/aromatic N) is 2. The van der Waals surface area contributed by atoms with Crippen molar-refractivity contribution in [2.45, 2.75) is 19.4 Å². The fourth-order valence-electron chi connectivity index (χ4n) is 3.68. The number of fused-ring (bicyclic) bond motifs is 2. The fraction of sp³-hybridized carbons (Fsp3) is 0.217. The minimum absolute atomic E-state index is 0.178. The predicted molar refractivity (Wildman–Crippen MR) is 108 cm³/mol. The van der Waals surface area contributed by atoms with E-state index in [1.807, 2.05) is 41.0 Å². The molecule has 27 heavy (non-hydrogen) atoms. The van der Waals surface area contributed by atoms with Gasteiger partial charge in [0, 0.05) is 17.5 Å². The summed E-state index contributed by atoms with van der Waals surface area (Å²) in [4.78, 5) is 17.3. The molecule has 134 valence electrons. The summed E-state index contributed by atoms with van der Waals surface area (Å²) >= 11 is 0. The molecule has 1 heterocycles. The maximum atomic E-state index is 12.8. The van der Waals surface area contributed by atoms with Gasteiger partial charge in [0.2, 0.25) is 0 Å². The number of benzene rings is 3. The van der Waals surface area contributed by atoms with Crippen LogP contribution in [0.1, 0.15) is 12.8 Å². The van der Waals surface area contributed by atoms with Gasteiger partial charge in [-0.15, -0.1) is 0 Å². The minimum atomic E-state index is -0.178. The zero-order valence-corrected chi connectivity index (χ0v) is 15.2. The third-order valence-corrected chi connectivity index (χ3v) is 5.35. The van der Waals surface area contributed by atoms with Crippen molar-refractivity contribution in [3.05, 3.63) is 71.1 Å². The zero-order chi connectivity index (χ0) is 18.4. The summed E-state index contributed by atoms with van der Waals surface area (Å²) in [6.45, 7) is 0.743. The summed E-state index contributed by atoms with van der Waals surface area (Å²) in [5.41, 5.74) is 2.41. The highest BCUT2D eigenvalue weighted by molar-refractivity contribution is 5.96. The first-order chi connectivity index (χ1) is 13.2. The first-order valence-electron chi connectivity index (χ1n) is 9.31. The number of aromatic nitrogens is 2. The summed E-state index contributed by atoms with van der Waals surface area (Å²) in [6.07, 6.45) is 2.38. The smallest absolute Gasteiger partial charge is 0.348 e. The van der Waals surface area contributed by atoms with Crippen LogP contribution in [0, 0.1) is 5.92 Å². The second kappa shape index (κ2) is 6.23. The van der Waals surface area contributed by atoms with Crippen molar-refractivity contribution in [3.8, 4) is 17.0 Å². The molecular weight excluding hydrogens is 336 g/mol. The molecule has 4 aromatic rings. The number of ether oxygens (including phenoxy) is 1. The third kappa shape index (κ3) is 2.87. The highest BCUT2D eigenvalue weighted by Gasteiger charge is 2.24. The Bertz CT molecular complexity index is 1220. The number of methoxy groups -OCH3 is 1.